The molecular weight excluding hydrogens is 246 g/mol. The second-order valence-electron chi connectivity index (χ2n) is 5.68. The highest BCUT2D eigenvalue weighted by Gasteiger charge is 2.13. The maximum Gasteiger partial charge on any atom is 0.121 e. The molecule has 0 aliphatic carbocycles. The van der Waals surface area contributed by atoms with E-state index in [1.54, 1.807) is 0 Å². The average Bonchev–Trinajstić information content (AvgIpc) is 2.94. The molecular formula is C18H33NO. The van der Waals surface area contributed by atoms with Crippen molar-refractivity contribution < 1.29 is 4.42 Å². The first-order chi connectivity index (χ1) is 9.81. The molecule has 1 heterocycles. The Labute approximate surface area is 125 Å². The molecule has 0 aromatic carbocycles. The Bertz CT molecular complexity index is 332. The highest BCUT2D eigenvalue weighted by molar-refractivity contribution is 5.10. The molecule has 1 N–H and O–H groups in total. The van der Waals surface area contributed by atoms with Crippen LogP contribution in [0.1, 0.15) is 89.7 Å². The average molecular weight is 279 g/mol. The smallest absolute Gasteiger partial charge is 0.121 e. The van der Waals surface area contributed by atoms with Crippen molar-refractivity contribution in [3.63, 3.8) is 0 Å². The summed E-state index contributed by atoms with van der Waals surface area (Å²) in [6.45, 7) is 7.58. The van der Waals surface area contributed by atoms with Crippen LogP contribution >= 0.6 is 0 Å². The van der Waals surface area contributed by atoms with Gasteiger partial charge in [-0.25, -0.2) is 0 Å². The fourth-order valence-corrected chi connectivity index (χ4v) is 2.67. The maximum absolute atomic E-state index is 5.90. The van der Waals surface area contributed by atoms with Gasteiger partial charge in [0.05, 0.1) is 6.04 Å². The van der Waals surface area contributed by atoms with Crippen LogP contribution in [0.2, 0.25) is 0 Å². The Kier molecular flexibility index (Phi) is 9.48. The SMILES string of the molecule is CCCCCCCCCC(NCC)c1ccc(CC)o1. The van der Waals surface area contributed by atoms with E-state index in [2.05, 4.69) is 38.2 Å². The zero-order chi connectivity index (χ0) is 14.6. The van der Waals surface area contributed by atoms with E-state index in [-0.39, 0.29) is 0 Å². The number of hydrogen-bond acceptors (Lipinski definition) is 2. The third kappa shape index (κ3) is 6.60. The molecule has 0 aliphatic rings. The van der Waals surface area contributed by atoms with E-state index in [0.29, 0.717) is 6.04 Å². The van der Waals surface area contributed by atoms with Crippen LogP contribution in [0.5, 0.6) is 0 Å². The first kappa shape index (κ1) is 17.3. The number of furan rings is 1. The van der Waals surface area contributed by atoms with Gasteiger partial charge in [-0.3, -0.25) is 0 Å². The minimum absolute atomic E-state index is 0.399. The molecule has 0 bridgehead atoms. The van der Waals surface area contributed by atoms with Gasteiger partial charge in [-0.15, -0.1) is 0 Å². The molecule has 0 saturated heterocycles. The predicted octanol–water partition coefficient (Wildman–Crippen LogP) is 5.63. The van der Waals surface area contributed by atoms with Crippen LogP contribution in [-0.4, -0.2) is 6.54 Å². The highest BCUT2D eigenvalue weighted by Crippen LogP contribution is 2.23. The summed E-state index contributed by atoms with van der Waals surface area (Å²) in [5, 5.41) is 3.55. The molecule has 0 amide bonds. The van der Waals surface area contributed by atoms with Crippen molar-refractivity contribution in [2.75, 3.05) is 6.54 Å². The summed E-state index contributed by atoms with van der Waals surface area (Å²) in [6, 6.07) is 4.66. The predicted molar refractivity (Wildman–Crippen MR) is 87.1 cm³/mol. The molecule has 1 aromatic rings. The maximum atomic E-state index is 5.90. The van der Waals surface area contributed by atoms with Crippen molar-refractivity contribution in [2.24, 2.45) is 0 Å². The van der Waals surface area contributed by atoms with Crippen LogP contribution in [0.3, 0.4) is 0 Å². The number of rotatable bonds is 12. The van der Waals surface area contributed by atoms with Gasteiger partial charge < -0.3 is 9.73 Å². The summed E-state index contributed by atoms with van der Waals surface area (Å²) < 4.78 is 5.90. The Morgan fingerprint density at radius 3 is 2.25 bits per heavy atom. The summed E-state index contributed by atoms with van der Waals surface area (Å²) in [5.41, 5.74) is 0. The highest BCUT2D eigenvalue weighted by atomic mass is 16.3. The van der Waals surface area contributed by atoms with Crippen LogP contribution in [0.4, 0.5) is 0 Å². The molecule has 0 radical (unpaired) electrons. The molecule has 20 heavy (non-hydrogen) atoms. The quantitative estimate of drug-likeness (QED) is 0.501. The summed E-state index contributed by atoms with van der Waals surface area (Å²) >= 11 is 0. The lowest BCUT2D eigenvalue weighted by molar-refractivity contribution is 0.374. The van der Waals surface area contributed by atoms with E-state index in [9.17, 15) is 0 Å². The molecule has 0 saturated carbocycles. The molecule has 1 atom stereocenters. The van der Waals surface area contributed by atoms with Crippen molar-refractivity contribution in [2.45, 2.75) is 84.6 Å². The summed E-state index contributed by atoms with van der Waals surface area (Å²) in [6.07, 6.45) is 11.8. The third-order valence-corrected chi connectivity index (χ3v) is 3.92. The number of nitrogens with one attached hydrogen (secondary N) is 1. The van der Waals surface area contributed by atoms with Gasteiger partial charge in [0, 0.05) is 6.42 Å². The minimum Gasteiger partial charge on any atom is -0.464 e. The van der Waals surface area contributed by atoms with Crippen molar-refractivity contribution in [1.82, 2.24) is 5.32 Å². The third-order valence-electron chi connectivity index (χ3n) is 3.92. The first-order valence-corrected chi connectivity index (χ1v) is 8.63. The molecule has 0 spiro atoms. The number of unbranched alkanes of at least 4 members (excludes halogenated alkanes) is 6. The molecule has 0 aliphatic heterocycles. The van der Waals surface area contributed by atoms with Crippen molar-refractivity contribution in [3.8, 4) is 0 Å². The summed E-state index contributed by atoms with van der Waals surface area (Å²) in [4.78, 5) is 0. The lowest BCUT2D eigenvalue weighted by Gasteiger charge is -2.15. The number of hydrogen-bond donors (Lipinski definition) is 1. The van der Waals surface area contributed by atoms with Crippen LogP contribution in [0.25, 0.3) is 0 Å². The van der Waals surface area contributed by atoms with E-state index in [1.165, 1.54) is 51.4 Å². The van der Waals surface area contributed by atoms with Gasteiger partial charge in [-0.2, -0.15) is 0 Å². The van der Waals surface area contributed by atoms with E-state index < -0.39 is 0 Å². The van der Waals surface area contributed by atoms with Crippen molar-refractivity contribution in [3.05, 3.63) is 23.7 Å². The Morgan fingerprint density at radius 1 is 0.950 bits per heavy atom. The van der Waals surface area contributed by atoms with Gasteiger partial charge in [0.15, 0.2) is 0 Å². The Balaban J connectivity index is 2.25. The van der Waals surface area contributed by atoms with Crippen molar-refractivity contribution in [1.29, 1.82) is 0 Å². The number of aryl methyl sites for hydroxylation is 1. The first-order valence-electron chi connectivity index (χ1n) is 8.63. The van der Waals surface area contributed by atoms with Gasteiger partial charge in [-0.05, 0) is 25.1 Å². The summed E-state index contributed by atoms with van der Waals surface area (Å²) in [7, 11) is 0. The van der Waals surface area contributed by atoms with Gasteiger partial charge >= 0.3 is 0 Å². The summed E-state index contributed by atoms with van der Waals surface area (Å²) in [5.74, 6) is 2.22. The topological polar surface area (TPSA) is 25.2 Å². The Hall–Kier alpha value is -0.760. The largest absolute Gasteiger partial charge is 0.464 e. The molecule has 2 heteroatoms. The fourth-order valence-electron chi connectivity index (χ4n) is 2.67. The monoisotopic (exact) mass is 279 g/mol. The zero-order valence-corrected chi connectivity index (χ0v) is 13.7. The van der Waals surface area contributed by atoms with E-state index in [1.807, 2.05) is 0 Å². The second kappa shape index (κ2) is 11.0. The van der Waals surface area contributed by atoms with Gasteiger partial charge in [0.2, 0.25) is 0 Å². The van der Waals surface area contributed by atoms with Gasteiger partial charge in [0.25, 0.3) is 0 Å². The molecule has 2 nitrogen and oxygen atoms in total. The van der Waals surface area contributed by atoms with Gasteiger partial charge in [-0.1, -0.05) is 65.7 Å². The van der Waals surface area contributed by atoms with Gasteiger partial charge in [0.1, 0.15) is 11.5 Å². The van der Waals surface area contributed by atoms with E-state index in [0.717, 1.165) is 24.5 Å². The van der Waals surface area contributed by atoms with Crippen LogP contribution in [0, 0.1) is 0 Å². The molecule has 1 unspecified atom stereocenters. The van der Waals surface area contributed by atoms with E-state index in [4.69, 9.17) is 4.42 Å². The van der Waals surface area contributed by atoms with Crippen LogP contribution in [0.15, 0.2) is 16.5 Å². The molecule has 1 aromatic heterocycles. The van der Waals surface area contributed by atoms with Crippen LogP contribution in [-0.2, 0) is 6.42 Å². The van der Waals surface area contributed by atoms with E-state index >= 15 is 0 Å². The minimum atomic E-state index is 0.399. The lowest BCUT2D eigenvalue weighted by Crippen LogP contribution is -2.20. The molecule has 0 fully saturated rings. The molecule has 1 rings (SSSR count). The normalized spacial score (nSPS) is 12.8. The lowest BCUT2D eigenvalue weighted by atomic mass is 10.0. The zero-order valence-electron chi connectivity index (χ0n) is 13.7. The standard InChI is InChI=1S/C18H33NO/c1-4-7-8-9-10-11-12-13-17(19-6-3)18-15-14-16(5-2)20-18/h14-15,17,19H,4-13H2,1-3H3. The Morgan fingerprint density at radius 2 is 1.65 bits per heavy atom. The van der Waals surface area contributed by atoms with Crippen LogP contribution < -0.4 is 5.32 Å². The fraction of sp³-hybridized carbons (Fsp3) is 0.778. The van der Waals surface area contributed by atoms with Crippen molar-refractivity contribution >= 4 is 0 Å². The molecule has 116 valence electrons. The second-order valence-corrected chi connectivity index (χ2v) is 5.68.